The van der Waals surface area contributed by atoms with Gasteiger partial charge in [-0.2, -0.15) is 0 Å². The van der Waals surface area contributed by atoms with Crippen LogP contribution in [0.2, 0.25) is 0 Å². The molecule has 1 saturated carbocycles. The van der Waals surface area contributed by atoms with Gasteiger partial charge in [-0.05, 0) is 25.2 Å². The maximum absolute atomic E-state index is 11.2. The van der Waals surface area contributed by atoms with E-state index in [0.29, 0.717) is 37.4 Å². The van der Waals surface area contributed by atoms with Crippen molar-refractivity contribution >= 4 is 5.78 Å². The zero-order valence-corrected chi connectivity index (χ0v) is 10.8. The van der Waals surface area contributed by atoms with Crippen LogP contribution < -0.4 is 0 Å². The van der Waals surface area contributed by atoms with Crippen LogP contribution in [-0.2, 0) is 4.79 Å². The predicted molar refractivity (Wildman–Crippen MR) is 66.3 cm³/mol. The van der Waals surface area contributed by atoms with Gasteiger partial charge in [0.05, 0.1) is 5.60 Å². The molecule has 2 heteroatoms. The SMILES string of the molecule is CCCCC(CC)CC1(O)CCC(=O)CC1. The second kappa shape index (κ2) is 6.39. The smallest absolute Gasteiger partial charge is 0.133 e. The molecule has 1 atom stereocenters. The largest absolute Gasteiger partial charge is 0.390 e. The number of Topliss-reactive ketones (excluding diaryl/α,β-unsaturated/α-hetero) is 1. The lowest BCUT2D eigenvalue weighted by atomic mass is 9.76. The molecule has 0 bridgehead atoms. The summed E-state index contributed by atoms with van der Waals surface area (Å²) in [5.41, 5.74) is -0.539. The minimum absolute atomic E-state index is 0.325. The molecule has 1 N–H and O–H groups in total. The zero-order valence-electron chi connectivity index (χ0n) is 10.8. The maximum atomic E-state index is 11.2. The van der Waals surface area contributed by atoms with Gasteiger partial charge in [-0.3, -0.25) is 4.79 Å². The number of rotatable bonds is 6. The average molecular weight is 226 g/mol. The van der Waals surface area contributed by atoms with E-state index in [1.54, 1.807) is 0 Å². The molecule has 16 heavy (non-hydrogen) atoms. The second-order valence-electron chi connectivity index (χ2n) is 5.38. The quantitative estimate of drug-likeness (QED) is 0.753. The lowest BCUT2D eigenvalue weighted by Gasteiger charge is -2.34. The first-order valence-corrected chi connectivity index (χ1v) is 6.83. The number of ketones is 1. The Morgan fingerprint density at radius 1 is 1.31 bits per heavy atom. The monoisotopic (exact) mass is 226 g/mol. The van der Waals surface area contributed by atoms with Crippen LogP contribution in [0.5, 0.6) is 0 Å². The van der Waals surface area contributed by atoms with Crippen molar-refractivity contribution in [2.75, 3.05) is 0 Å². The fourth-order valence-corrected chi connectivity index (χ4v) is 2.68. The van der Waals surface area contributed by atoms with Crippen LogP contribution in [0.3, 0.4) is 0 Å². The first-order valence-electron chi connectivity index (χ1n) is 6.83. The molecule has 0 spiro atoms. The van der Waals surface area contributed by atoms with Crippen molar-refractivity contribution in [3.63, 3.8) is 0 Å². The molecule has 2 nitrogen and oxygen atoms in total. The van der Waals surface area contributed by atoms with Crippen LogP contribution in [0.1, 0.15) is 71.6 Å². The molecule has 0 saturated heterocycles. The number of carbonyl (C=O) groups is 1. The van der Waals surface area contributed by atoms with E-state index in [9.17, 15) is 9.90 Å². The normalized spacial score (nSPS) is 22.1. The summed E-state index contributed by atoms with van der Waals surface area (Å²) >= 11 is 0. The molecular formula is C14H26O2. The number of aliphatic hydroxyl groups is 1. The Bertz CT molecular complexity index is 213. The molecule has 94 valence electrons. The van der Waals surface area contributed by atoms with Crippen molar-refractivity contribution in [2.45, 2.75) is 77.2 Å². The van der Waals surface area contributed by atoms with Crippen molar-refractivity contribution in [2.24, 2.45) is 5.92 Å². The number of carbonyl (C=O) groups excluding carboxylic acids is 1. The highest BCUT2D eigenvalue weighted by Crippen LogP contribution is 2.34. The van der Waals surface area contributed by atoms with E-state index in [-0.39, 0.29) is 0 Å². The van der Waals surface area contributed by atoms with Gasteiger partial charge >= 0.3 is 0 Å². The lowest BCUT2D eigenvalue weighted by molar-refractivity contribution is -0.126. The van der Waals surface area contributed by atoms with Gasteiger partial charge in [-0.25, -0.2) is 0 Å². The van der Waals surface area contributed by atoms with E-state index in [4.69, 9.17) is 0 Å². The lowest BCUT2D eigenvalue weighted by Crippen LogP contribution is -2.36. The Morgan fingerprint density at radius 2 is 1.94 bits per heavy atom. The second-order valence-corrected chi connectivity index (χ2v) is 5.38. The van der Waals surface area contributed by atoms with Crippen molar-refractivity contribution in [3.05, 3.63) is 0 Å². The summed E-state index contributed by atoms with van der Waals surface area (Å²) in [7, 11) is 0. The van der Waals surface area contributed by atoms with E-state index in [1.165, 1.54) is 19.3 Å². The molecule has 1 fully saturated rings. The Kier molecular flexibility index (Phi) is 5.47. The van der Waals surface area contributed by atoms with Crippen LogP contribution in [0.4, 0.5) is 0 Å². The highest BCUT2D eigenvalue weighted by Gasteiger charge is 2.33. The molecule has 1 aliphatic rings. The molecule has 1 aliphatic carbocycles. The van der Waals surface area contributed by atoms with Gasteiger partial charge in [0, 0.05) is 12.8 Å². The van der Waals surface area contributed by atoms with Crippen LogP contribution in [0.25, 0.3) is 0 Å². The first kappa shape index (κ1) is 13.7. The third-order valence-electron chi connectivity index (χ3n) is 3.95. The fraction of sp³-hybridized carbons (Fsp3) is 0.929. The van der Waals surface area contributed by atoms with Crippen molar-refractivity contribution in [1.29, 1.82) is 0 Å². The standard InChI is InChI=1S/C14H26O2/c1-3-5-6-12(4-2)11-14(16)9-7-13(15)8-10-14/h12,16H,3-11H2,1-2H3. The van der Waals surface area contributed by atoms with Gasteiger partial charge in [-0.1, -0.05) is 39.5 Å². The van der Waals surface area contributed by atoms with Gasteiger partial charge in [0.2, 0.25) is 0 Å². The topological polar surface area (TPSA) is 37.3 Å². The minimum atomic E-state index is -0.539. The maximum Gasteiger partial charge on any atom is 0.133 e. The van der Waals surface area contributed by atoms with Crippen molar-refractivity contribution < 1.29 is 9.90 Å². The average Bonchev–Trinajstić information content (AvgIpc) is 2.29. The molecule has 1 rings (SSSR count). The van der Waals surface area contributed by atoms with Crippen molar-refractivity contribution in [1.82, 2.24) is 0 Å². The summed E-state index contributed by atoms with van der Waals surface area (Å²) in [6, 6.07) is 0. The predicted octanol–water partition coefficient (Wildman–Crippen LogP) is 3.47. The van der Waals surface area contributed by atoms with Gasteiger partial charge in [0.1, 0.15) is 5.78 Å². The molecular weight excluding hydrogens is 200 g/mol. The summed E-state index contributed by atoms with van der Waals surface area (Å²) in [6.07, 6.45) is 8.31. The number of hydrogen-bond acceptors (Lipinski definition) is 2. The van der Waals surface area contributed by atoms with E-state index in [0.717, 1.165) is 12.8 Å². The Labute approximate surface area is 99.4 Å². The van der Waals surface area contributed by atoms with Gasteiger partial charge in [-0.15, -0.1) is 0 Å². The molecule has 0 aromatic heterocycles. The molecule has 1 unspecified atom stereocenters. The van der Waals surface area contributed by atoms with Crippen molar-refractivity contribution in [3.8, 4) is 0 Å². The summed E-state index contributed by atoms with van der Waals surface area (Å²) in [5, 5.41) is 10.4. The van der Waals surface area contributed by atoms with Gasteiger partial charge in [0.15, 0.2) is 0 Å². The molecule has 0 amide bonds. The zero-order chi connectivity index (χ0) is 12.0. The third kappa shape index (κ3) is 4.25. The molecule has 0 aromatic carbocycles. The van der Waals surface area contributed by atoms with Crippen LogP contribution >= 0.6 is 0 Å². The van der Waals surface area contributed by atoms with Crippen LogP contribution in [0, 0.1) is 5.92 Å². The van der Waals surface area contributed by atoms with Crippen LogP contribution in [0.15, 0.2) is 0 Å². The van der Waals surface area contributed by atoms with E-state index in [2.05, 4.69) is 13.8 Å². The Morgan fingerprint density at radius 3 is 2.44 bits per heavy atom. The first-order chi connectivity index (χ1) is 7.59. The summed E-state index contributed by atoms with van der Waals surface area (Å²) in [6.45, 7) is 4.42. The highest BCUT2D eigenvalue weighted by molar-refractivity contribution is 5.79. The Hall–Kier alpha value is -0.370. The van der Waals surface area contributed by atoms with E-state index >= 15 is 0 Å². The minimum Gasteiger partial charge on any atom is -0.390 e. The highest BCUT2D eigenvalue weighted by atomic mass is 16.3. The molecule has 0 radical (unpaired) electrons. The van der Waals surface area contributed by atoms with E-state index in [1.807, 2.05) is 0 Å². The Balaban J connectivity index is 2.40. The third-order valence-corrected chi connectivity index (χ3v) is 3.95. The molecule has 0 aliphatic heterocycles. The fourth-order valence-electron chi connectivity index (χ4n) is 2.68. The number of hydrogen-bond donors (Lipinski definition) is 1. The van der Waals surface area contributed by atoms with Gasteiger partial charge in [0.25, 0.3) is 0 Å². The van der Waals surface area contributed by atoms with E-state index < -0.39 is 5.60 Å². The molecule has 0 heterocycles. The summed E-state index contributed by atoms with van der Waals surface area (Å²) in [5.74, 6) is 0.962. The number of unbranched alkanes of at least 4 members (excludes halogenated alkanes) is 1. The van der Waals surface area contributed by atoms with Gasteiger partial charge < -0.3 is 5.11 Å². The summed E-state index contributed by atoms with van der Waals surface area (Å²) < 4.78 is 0. The summed E-state index contributed by atoms with van der Waals surface area (Å²) in [4.78, 5) is 11.2. The van der Waals surface area contributed by atoms with Crippen LogP contribution in [-0.4, -0.2) is 16.5 Å². The molecule has 0 aromatic rings.